The van der Waals surface area contributed by atoms with Crippen molar-refractivity contribution in [2.45, 2.75) is 57.7 Å². The van der Waals surface area contributed by atoms with Crippen molar-refractivity contribution in [2.75, 3.05) is 6.61 Å². The summed E-state index contributed by atoms with van der Waals surface area (Å²) in [6.07, 6.45) is 4.72. The molecule has 0 bridgehead atoms. The summed E-state index contributed by atoms with van der Waals surface area (Å²) in [6, 6.07) is 0. The van der Waals surface area contributed by atoms with Crippen LogP contribution in [0.3, 0.4) is 0 Å². The quantitative estimate of drug-likeness (QED) is 0.656. The number of hydrogen-bond donors (Lipinski definition) is 1. The molecule has 2 nitrogen and oxygen atoms in total. The van der Waals surface area contributed by atoms with E-state index in [0.29, 0.717) is 17.3 Å². The van der Waals surface area contributed by atoms with Gasteiger partial charge in [0.15, 0.2) is 0 Å². The molecule has 0 radical (unpaired) electrons. The van der Waals surface area contributed by atoms with Gasteiger partial charge in [-0.2, -0.15) is 0 Å². The van der Waals surface area contributed by atoms with Gasteiger partial charge in [-0.15, -0.1) is 0 Å². The molecule has 1 heterocycles. The average molecular weight is 236 g/mol. The van der Waals surface area contributed by atoms with Gasteiger partial charge in [-0.1, -0.05) is 13.8 Å². The maximum Gasteiger partial charge on any atom is 0.0948 e. The van der Waals surface area contributed by atoms with Crippen LogP contribution in [0.5, 0.6) is 0 Å². The van der Waals surface area contributed by atoms with Crippen LogP contribution in [-0.2, 0) is 4.74 Å². The normalized spacial score (nSPS) is 62.8. The van der Waals surface area contributed by atoms with Gasteiger partial charge in [0.25, 0.3) is 0 Å². The molecule has 1 aliphatic heterocycles. The summed E-state index contributed by atoms with van der Waals surface area (Å²) in [5.41, 5.74) is 0.215. The largest absolute Gasteiger partial charge is 0.390 e. The Morgan fingerprint density at radius 3 is 2.29 bits per heavy atom. The third-order valence-corrected chi connectivity index (χ3v) is 6.71. The Labute approximate surface area is 104 Å². The van der Waals surface area contributed by atoms with E-state index >= 15 is 0 Å². The number of ether oxygens (including phenoxy) is 1. The van der Waals surface area contributed by atoms with Crippen molar-refractivity contribution in [3.8, 4) is 0 Å². The van der Waals surface area contributed by atoms with Crippen LogP contribution in [0.1, 0.15) is 46.5 Å². The van der Waals surface area contributed by atoms with Crippen molar-refractivity contribution in [3.63, 3.8) is 0 Å². The second-order valence-electron chi connectivity index (χ2n) is 7.87. The molecule has 1 saturated heterocycles. The van der Waals surface area contributed by atoms with Gasteiger partial charge < -0.3 is 9.84 Å². The van der Waals surface area contributed by atoms with Crippen LogP contribution in [0, 0.1) is 29.1 Å². The fraction of sp³-hybridized carbons (Fsp3) is 1.00. The summed E-state index contributed by atoms with van der Waals surface area (Å²) in [5, 5.41) is 10.7. The first-order valence-corrected chi connectivity index (χ1v) is 7.25. The highest BCUT2D eigenvalue weighted by atomic mass is 16.6. The molecule has 2 heteroatoms. The fourth-order valence-electron chi connectivity index (χ4n) is 5.54. The van der Waals surface area contributed by atoms with E-state index in [1.807, 2.05) is 0 Å². The van der Waals surface area contributed by atoms with Crippen molar-refractivity contribution in [1.82, 2.24) is 0 Å². The second kappa shape index (κ2) is 2.75. The van der Waals surface area contributed by atoms with Gasteiger partial charge in [-0.3, -0.25) is 0 Å². The summed E-state index contributed by atoms with van der Waals surface area (Å²) in [4.78, 5) is 0. The number of hydrogen-bond acceptors (Lipinski definition) is 2. The Morgan fingerprint density at radius 1 is 1.00 bits per heavy atom. The second-order valence-corrected chi connectivity index (χ2v) is 7.87. The lowest BCUT2D eigenvalue weighted by atomic mass is 9.75. The van der Waals surface area contributed by atoms with Gasteiger partial charge in [0.1, 0.15) is 0 Å². The molecule has 4 aliphatic rings. The molecule has 4 fully saturated rings. The van der Waals surface area contributed by atoms with Gasteiger partial charge in [-0.05, 0) is 61.7 Å². The average Bonchev–Trinajstić information content (AvgIpc) is 3.08. The van der Waals surface area contributed by atoms with Crippen molar-refractivity contribution in [1.29, 1.82) is 0 Å². The summed E-state index contributed by atoms with van der Waals surface area (Å²) < 4.78 is 5.85. The molecule has 0 amide bonds. The van der Waals surface area contributed by atoms with E-state index in [2.05, 4.69) is 20.8 Å². The lowest BCUT2D eigenvalue weighted by molar-refractivity contribution is -0.0155. The van der Waals surface area contributed by atoms with E-state index in [0.717, 1.165) is 24.9 Å². The minimum Gasteiger partial charge on any atom is -0.390 e. The molecule has 3 aliphatic carbocycles. The Balaban J connectivity index is 1.75. The highest BCUT2D eigenvalue weighted by Gasteiger charge is 2.72. The third-order valence-electron chi connectivity index (χ3n) is 6.71. The zero-order valence-electron chi connectivity index (χ0n) is 11.2. The highest BCUT2D eigenvalue weighted by Crippen LogP contribution is 2.73. The maximum absolute atomic E-state index is 10.7. The number of epoxide rings is 1. The lowest BCUT2D eigenvalue weighted by Crippen LogP contribution is -2.39. The molecular formula is C15H24O2. The minimum absolute atomic E-state index is 0.189. The Bertz CT molecular complexity index is 367. The Morgan fingerprint density at radius 2 is 1.65 bits per heavy atom. The van der Waals surface area contributed by atoms with Crippen LogP contribution < -0.4 is 0 Å². The molecule has 2 unspecified atom stereocenters. The van der Waals surface area contributed by atoms with Crippen LogP contribution in [-0.4, -0.2) is 22.9 Å². The Kier molecular flexibility index (Phi) is 1.75. The zero-order chi connectivity index (χ0) is 12.1. The molecule has 4 rings (SSSR count). The van der Waals surface area contributed by atoms with Crippen molar-refractivity contribution in [3.05, 3.63) is 0 Å². The number of aliphatic hydroxyl groups is 1. The number of rotatable bonds is 0. The van der Waals surface area contributed by atoms with Gasteiger partial charge >= 0.3 is 0 Å². The standard InChI is InChI=1S/C15H24O2/c1-13(2)9-5-7-15(8-17-15)10-4-6-14(3,16)12(10)11(9)13/h9-12,16H,4-8H2,1-3H3/t9-,10+,11-,12-,14?,15?/m1/s1. The Hall–Kier alpha value is -0.0800. The molecule has 1 spiro atoms. The topological polar surface area (TPSA) is 32.8 Å². The van der Waals surface area contributed by atoms with E-state index in [1.54, 1.807) is 0 Å². The monoisotopic (exact) mass is 236 g/mol. The van der Waals surface area contributed by atoms with E-state index < -0.39 is 5.60 Å². The maximum atomic E-state index is 10.7. The van der Waals surface area contributed by atoms with E-state index in [-0.39, 0.29) is 5.60 Å². The molecule has 0 aromatic carbocycles. The summed E-state index contributed by atoms with van der Waals surface area (Å²) in [5.74, 6) is 2.71. The van der Waals surface area contributed by atoms with Crippen molar-refractivity contribution >= 4 is 0 Å². The zero-order valence-corrected chi connectivity index (χ0v) is 11.2. The number of fused-ring (bicyclic) bond motifs is 4. The summed E-state index contributed by atoms with van der Waals surface area (Å²) in [7, 11) is 0. The molecule has 17 heavy (non-hydrogen) atoms. The smallest absolute Gasteiger partial charge is 0.0948 e. The summed E-state index contributed by atoms with van der Waals surface area (Å²) in [6.45, 7) is 7.84. The predicted molar refractivity (Wildman–Crippen MR) is 65.5 cm³/mol. The molecular weight excluding hydrogens is 212 g/mol. The van der Waals surface area contributed by atoms with Crippen molar-refractivity contribution < 1.29 is 9.84 Å². The van der Waals surface area contributed by atoms with Crippen LogP contribution >= 0.6 is 0 Å². The SMILES string of the molecule is CC1(O)CC[C@H]2[C@@H]1[C@H]1[C@@H](CCC23CO3)C1(C)C. The highest BCUT2D eigenvalue weighted by molar-refractivity contribution is 5.21. The molecule has 6 atom stereocenters. The van der Waals surface area contributed by atoms with Crippen LogP contribution in [0.2, 0.25) is 0 Å². The molecule has 3 saturated carbocycles. The third kappa shape index (κ3) is 1.19. The fourth-order valence-corrected chi connectivity index (χ4v) is 5.54. The van der Waals surface area contributed by atoms with E-state index in [9.17, 15) is 5.11 Å². The first-order valence-electron chi connectivity index (χ1n) is 7.25. The first-order chi connectivity index (χ1) is 7.89. The van der Waals surface area contributed by atoms with Crippen molar-refractivity contribution in [2.24, 2.45) is 29.1 Å². The van der Waals surface area contributed by atoms with Crippen LogP contribution in [0.15, 0.2) is 0 Å². The van der Waals surface area contributed by atoms with Gasteiger partial charge in [0.2, 0.25) is 0 Å². The summed E-state index contributed by atoms with van der Waals surface area (Å²) >= 11 is 0. The predicted octanol–water partition coefficient (Wildman–Crippen LogP) is 2.60. The van der Waals surface area contributed by atoms with Gasteiger partial charge in [-0.25, -0.2) is 0 Å². The van der Waals surface area contributed by atoms with Gasteiger partial charge in [0, 0.05) is 0 Å². The molecule has 0 aromatic rings. The first kappa shape index (κ1) is 10.8. The van der Waals surface area contributed by atoms with E-state index in [4.69, 9.17) is 4.74 Å². The molecule has 0 aromatic heterocycles. The molecule has 96 valence electrons. The van der Waals surface area contributed by atoms with E-state index in [1.165, 1.54) is 19.3 Å². The minimum atomic E-state index is -0.440. The van der Waals surface area contributed by atoms with Gasteiger partial charge in [0.05, 0.1) is 17.8 Å². The lowest BCUT2D eigenvalue weighted by Gasteiger charge is -2.33. The van der Waals surface area contributed by atoms with Crippen LogP contribution in [0.4, 0.5) is 0 Å². The molecule has 1 N–H and O–H groups in total. The van der Waals surface area contributed by atoms with Crippen LogP contribution in [0.25, 0.3) is 0 Å².